The van der Waals surface area contributed by atoms with E-state index in [0.717, 1.165) is 13.0 Å². The molecule has 0 bridgehead atoms. The molecule has 0 spiro atoms. The Morgan fingerprint density at radius 2 is 1.91 bits per heavy atom. The van der Waals surface area contributed by atoms with Crippen molar-refractivity contribution in [3.05, 3.63) is 34.9 Å². The normalized spacial score (nSPS) is 15.4. The van der Waals surface area contributed by atoms with Gasteiger partial charge < -0.3 is 4.90 Å². The van der Waals surface area contributed by atoms with Crippen molar-refractivity contribution in [2.45, 2.75) is 52.0 Å². The van der Waals surface area contributed by atoms with Crippen LogP contribution in [0.3, 0.4) is 0 Å². The molecule has 1 aromatic rings. The van der Waals surface area contributed by atoms with Crippen LogP contribution in [-0.4, -0.2) is 37.8 Å². The van der Waals surface area contributed by atoms with E-state index in [-0.39, 0.29) is 17.1 Å². The molecule has 1 aliphatic heterocycles. The number of carbonyl (C=O) groups is 1. The molecule has 1 aliphatic rings. The monoisotopic (exact) mass is 337 g/mol. The van der Waals surface area contributed by atoms with E-state index in [1.807, 2.05) is 4.90 Å². The first-order valence-electron chi connectivity index (χ1n) is 8.14. The molecule has 0 atom stereocenters. The number of rotatable bonds is 4. The number of carbonyl (C=O) groups excluding carboxylic acids is 1. The molecule has 0 aliphatic carbocycles. The van der Waals surface area contributed by atoms with Crippen molar-refractivity contribution < 1.29 is 13.2 Å². The summed E-state index contributed by atoms with van der Waals surface area (Å²) in [6, 6.07) is 6.58. The van der Waals surface area contributed by atoms with Crippen molar-refractivity contribution >= 4 is 15.7 Å². The maximum atomic E-state index is 12.3. The van der Waals surface area contributed by atoms with Crippen LogP contribution in [0, 0.1) is 0 Å². The van der Waals surface area contributed by atoms with E-state index < -0.39 is 9.84 Å². The molecule has 0 saturated carbocycles. The van der Waals surface area contributed by atoms with Gasteiger partial charge in [0.1, 0.15) is 9.84 Å². The van der Waals surface area contributed by atoms with Gasteiger partial charge in [-0.25, -0.2) is 8.42 Å². The van der Waals surface area contributed by atoms with Crippen LogP contribution >= 0.6 is 0 Å². The second kappa shape index (κ2) is 6.63. The van der Waals surface area contributed by atoms with Crippen LogP contribution in [0.15, 0.2) is 18.2 Å². The molecule has 4 nitrogen and oxygen atoms in total. The Kier molecular flexibility index (Phi) is 5.19. The lowest BCUT2D eigenvalue weighted by Gasteiger charge is -2.30. The summed E-state index contributed by atoms with van der Waals surface area (Å²) in [4.78, 5) is 14.2. The molecule has 0 unspecified atom stereocenters. The largest absolute Gasteiger partial charge is 0.338 e. The molecule has 0 radical (unpaired) electrons. The minimum Gasteiger partial charge on any atom is -0.338 e. The third-order valence-electron chi connectivity index (χ3n) is 4.34. The fourth-order valence-corrected chi connectivity index (χ4v) is 3.55. The Morgan fingerprint density at radius 3 is 2.52 bits per heavy atom. The van der Waals surface area contributed by atoms with Gasteiger partial charge in [0.05, 0.1) is 5.75 Å². The lowest BCUT2D eigenvalue weighted by molar-refractivity contribution is -0.132. The summed E-state index contributed by atoms with van der Waals surface area (Å²) in [5.41, 5.74) is 3.91. The fourth-order valence-electron chi connectivity index (χ4n) is 2.88. The van der Waals surface area contributed by atoms with E-state index in [4.69, 9.17) is 0 Å². The van der Waals surface area contributed by atoms with Crippen LogP contribution in [-0.2, 0) is 33.0 Å². The predicted molar refractivity (Wildman–Crippen MR) is 93.2 cm³/mol. The maximum Gasteiger partial charge on any atom is 0.222 e. The Balaban J connectivity index is 2.03. The van der Waals surface area contributed by atoms with E-state index >= 15 is 0 Å². The molecule has 0 saturated heterocycles. The predicted octanol–water partition coefficient (Wildman–Crippen LogP) is 2.69. The molecule has 128 valence electrons. The number of hydrogen-bond donors (Lipinski definition) is 0. The molecule has 0 N–H and O–H groups in total. The first-order valence-corrected chi connectivity index (χ1v) is 10.2. The molecule has 0 fully saturated rings. The summed E-state index contributed by atoms with van der Waals surface area (Å²) in [6.07, 6.45) is 2.80. The molecule has 1 aromatic carbocycles. The Bertz CT molecular complexity index is 687. The SMILES string of the molecule is CC(C)(C)c1ccc2c(c1)CN(C(=O)CCCS(C)(=O)=O)CC2. The zero-order chi connectivity index (χ0) is 17.3. The first-order chi connectivity index (χ1) is 10.6. The number of hydrogen-bond acceptors (Lipinski definition) is 3. The van der Waals surface area contributed by atoms with Gasteiger partial charge in [-0.1, -0.05) is 39.0 Å². The molecular weight excluding hydrogens is 310 g/mol. The van der Waals surface area contributed by atoms with Gasteiger partial charge in [0.25, 0.3) is 0 Å². The van der Waals surface area contributed by atoms with Crippen molar-refractivity contribution in [3.8, 4) is 0 Å². The van der Waals surface area contributed by atoms with E-state index in [1.54, 1.807) is 0 Å². The summed E-state index contributed by atoms with van der Waals surface area (Å²) in [5.74, 6) is 0.137. The van der Waals surface area contributed by atoms with Gasteiger partial charge in [0, 0.05) is 25.8 Å². The highest BCUT2D eigenvalue weighted by Crippen LogP contribution is 2.27. The molecular formula is C18H27NO3S. The van der Waals surface area contributed by atoms with E-state index in [2.05, 4.69) is 39.0 Å². The van der Waals surface area contributed by atoms with Gasteiger partial charge >= 0.3 is 0 Å². The third-order valence-corrected chi connectivity index (χ3v) is 5.37. The van der Waals surface area contributed by atoms with Crippen LogP contribution in [0.1, 0.15) is 50.3 Å². The average molecular weight is 337 g/mol. The summed E-state index contributed by atoms with van der Waals surface area (Å²) in [7, 11) is -2.99. The number of fused-ring (bicyclic) bond motifs is 1. The molecule has 2 rings (SSSR count). The third kappa shape index (κ3) is 5.06. The van der Waals surface area contributed by atoms with E-state index in [9.17, 15) is 13.2 Å². The number of sulfone groups is 1. The minimum absolute atomic E-state index is 0.0560. The smallest absolute Gasteiger partial charge is 0.222 e. The lowest BCUT2D eigenvalue weighted by Crippen LogP contribution is -2.36. The van der Waals surface area contributed by atoms with Gasteiger partial charge in [0.15, 0.2) is 0 Å². The zero-order valence-electron chi connectivity index (χ0n) is 14.6. The zero-order valence-corrected chi connectivity index (χ0v) is 15.4. The topological polar surface area (TPSA) is 54.5 Å². The van der Waals surface area contributed by atoms with Gasteiger partial charge in [-0.2, -0.15) is 0 Å². The Labute approximate surface area is 139 Å². The summed E-state index contributed by atoms with van der Waals surface area (Å²) in [6.45, 7) is 7.92. The summed E-state index contributed by atoms with van der Waals surface area (Å²) in [5, 5.41) is 0. The lowest BCUT2D eigenvalue weighted by atomic mass is 9.84. The summed E-state index contributed by atoms with van der Waals surface area (Å²) >= 11 is 0. The van der Waals surface area contributed by atoms with Gasteiger partial charge in [-0.3, -0.25) is 4.79 Å². The number of amides is 1. The molecule has 1 heterocycles. The van der Waals surface area contributed by atoms with E-state index in [0.29, 0.717) is 19.4 Å². The standard InChI is InChI=1S/C18H27NO3S/c1-18(2,3)16-8-7-14-9-10-19(13-15(14)12-16)17(20)6-5-11-23(4,21)22/h7-8,12H,5-6,9-11,13H2,1-4H3. The molecule has 0 aromatic heterocycles. The van der Waals surface area contributed by atoms with Crippen molar-refractivity contribution in [2.24, 2.45) is 0 Å². The number of nitrogens with zero attached hydrogens (tertiary/aromatic N) is 1. The molecule has 1 amide bonds. The first kappa shape index (κ1) is 18.0. The van der Waals surface area contributed by atoms with Crippen LogP contribution in [0.4, 0.5) is 0 Å². The van der Waals surface area contributed by atoms with E-state index in [1.165, 1.54) is 22.9 Å². The fraction of sp³-hybridized carbons (Fsp3) is 0.611. The highest BCUT2D eigenvalue weighted by atomic mass is 32.2. The quantitative estimate of drug-likeness (QED) is 0.849. The Morgan fingerprint density at radius 1 is 1.22 bits per heavy atom. The maximum absolute atomic E-state index is 12.3. The van der Waals surface area contributed by atoms with Gasteiger partial charge in [-0.05, 0) is 34.9 Å². The van der Waals surface area contributed by atoms with Crippen LogP contribution in [0.25, 0.3) is 0 Å². The highest BCUT2D eigenvalue weighted by Gasteiger charge is 2.23. The van der Waals surface area contributed by atoms with Gasteiger partial charge in [-0.15, -0.1) is 0 Å². The average Bonchev–Trinajstić information content (AvgIpc) is 2.43. The molecule has 23 heavy (non-hydrogen) atoms. The minimum atomic E-state index is -2.99. The second-order valence-corrected chi connectivity index (χ2v) is 9.79. The highest BCUT2D eigenvalue weighted by molar-refractivity contribution is 7.90. The second-order valence-electron chi connectivity index (χ2n) is 7.53. The van der Waals surface area contributed by atoms with Crippen molar-refractivity contribution in [1.82, 2.24) is 4.90 Å². The van der Waals surface area contributed by atoms with Crippen molar-refractivity contribution in [1.29, 1.82) is 0 Å². The molecule has 5 heteroatoms. The van der Waals surface area contributed by atoms with Crippen LogP contribution in [0.2, 0.25) is 0 Å². The summed E-state index contributed by atoms with van der Waals surface area (Å²) < 4.78 is 22.3. The van der Waals surface area contributed by atoms with Crippen molar-refractivity contribution in [2.75, 3.05) is 18.6 Å². The van der Waals surface area contributed by atoms with Gasteiger partial charge in [0.2, 0.25) is 5.91 Å². The van der Waals surface area contributed by atoms with Crippen LogP contribution in [0.5, 0.6) is 0 Å². The number of benzene rings is 1. The Hall–Kier alpha value is -1.36. The van der Waals surface area contributed by atoms with Crippen molar-refractivity contribution in [3.63, 3.8) is 0 Å². The van der Waals surface area contributed by atoms with Crippen LogP contribution < -0.4 is 0 Å².